The molecule has 1 unspecified atom stereocenters. The second kappa shape index (κ2) is 6.15. The maximum Gasteiger partial charge on any atom is 0.173 e. The van der Waals surface area contributed by atoms with Crippen LogP contribution >= 0.6 is 11.8 Å². The molecule has 1 atom stereocenters. The molecule has 3 rings (SSSR count). The van der Waals surface area contributed by atoms with Crippen molar-refractivity contribution in [3.8, 4) is 0 Å². The normalized spacial score (nSPS) is 23.4. The number of fused-ring (bicyclic) bond motifs is 1. The summed E-state index contributed by atoms with van der Waals surface area (Å²) in [6, 6.07) is 6.80. The van der Waals surface area contributed by atoms with E-state index in [-0.39, 0.29) is 5.84 Å². The third-order valence-electron chi connectivity index (χ3n) is 4.52. The second-order valence-electron chi connectivity index (χ2n) is 5.62. The van der Waals surface area contributed by atoms with E-state index in [1.165, 1.54) is 19.4 Å². The van der Waals surface area contributed by atoms with Crippen LogP contribution in [0.3, 0.4) is 0 Å². The van der Waals surface area contributed by atoms with Crippen LogP contribution in [0.25, 0.3) is 0 Å². The first-order chi connectivity index (χ1) is 10.2. The molecule has 5 nitrogen and oxygen atoms in total. The van der Waals surface area contributed by atoms with Gasteiger partial charge in [0.1, 0.15) is 0 Å². The van der Waals surface area contributed by atoms with Gasteiger partial charge >= 0.3 is 0 Å². The van der Waals surface area contributed by atoms with Crippen LogP contribution in [0.4, 0.5) is 5.69 Å². The number of oxime groups is 1. The summed E-state index contributed by atoms with van der Waals surface area (Å²) in [7, 11) is 0. The van der Waals surface area contributed by atoms with E-state index in [1.807, 2.05) is 12.3 Å². The SMILES string of the molecule is CSc1cccc(N2CCN3CCCC3C2)c1/C(N)=N/O. The minimum atomic E-state index is 0.198. The highest BCUT2D eigenvalue weighted by Gasteiger charge is 2.31. The lowest BCUT2D eigenvalue weighted by atomic mass is 10.1. The molecule has 0 radical (unpaired) electrons. The van der Waals surface area contributed by atoms with Crippen LogP contribution in [0.5, 0.6) is 0 Å². The van der Waals surface area contributed by atoms with Crippen LogP contribution in [-0.2, 0) is 0 Å². The summed E-state index contributed by atoms with van der Waals surface area (Å²) in [5.41, 5.74) is 7.88. The van der Waals surface area contributed by atoms with Gasteiger partial charge in [-0.3, -0.25) is 4.90 Å². The number of hydrogen-bond donors (Lipinski definition) is 2. The third-order valence-corrected chi connectivity index (χ3v) is 5.30. The van der Waals surface area contributed by atoms with Crippen molar-refractivity contribution in [2.45, 2.75) is 23.8 Å². The van der Waals surface area contributed by atoms with Crippen molar-refractivity contribution in [3.63, 3.8) is 0 Å². The number of rotatable bonds is 3. The summed E-state index contributed by atoms with van der Waals surface area (Å²) in [4.78, 5) is 6.02. The molecule has 6 heteroatoms. The quantitative estimate of drug-likeness (QED) is 0.293. The number of benzene rings is 1. The second-order valence-corrected chi connectivity index (χ2v) is 6.47. The van der Waals surface area contributed by atoms with Gasteiger partial charge in [0, 0.05) is 36.3 Å². The van der Waals surface area contributed by atoms with Gasteiger partial charge in [-0.15, -0.1) is 11.8 Å². The van der Waals surface area contributed by atoms with Crippen molar-refractivity contribution in [2.75, 3.05) is 37.3 Å². The Kier molecular flexibility index (Phi) is 4.26. The predicted molar refractivity (Wildman–Crippen MR) is 87.5 cm³/mol. The molecule has 0 amide bonds. The highest BCUT2D eigenvalue weighted by molar-refractivity contribution is 7.98. The van der Waals surface area contributed by atoms with E-state index in [9.17, 15) is 0 Å². The number of nitrogens with zero attached hydrogens (tertiary/aromatic N) is 3. The van der Waals surface area contributed by atoms with Crippen molar-refractivity contribution < 1.29 is 5.21 Å². The van der Waals surface area contributed by atoms with Crippen molar-refractivity contribution in [3.05, 3.63) is 23.8 Å². The largest absolute Gasteiger partial charge is 0.409 e. The zero-order chi connectivity index (χ0) is 14.8. The number of amidine groups is 1. The van der Waals surface area contributed by atoms with Crippen LogP contribution in [0.2, 0.25) is 0 Å². The molecule has 1 aromatic carbocycles. The monoisotopic (exact) mass is 306 g/mol. The zero-order valence-electron chi connectivity index (χ0n) is 12.3. The Bertz CT molecular complexity index is 548. The third kappa shape index (κ3) is 2.70. The molecule has 0 spiro atoms. The molecule has 1 aromatic rings. The Morgan fingerprint density at radius 1 is 1.38 bits per heavy atom. The molecule has 0 saturated carbocycles. The van der Waals surface area contributed by atoms with E-state index >= 15 is 0 Å². The molecular formula is C15H22N4OS. The Labute approximate surface area is 129 Å². The Hall–Kier alpha value is -1.40. The Morgan fingerprint density at radius 2 is 2.24 bits per heavy atom. The maximum absolute atomic E-state index is 9.11. The smallest absolute Gasteiger partial charge is 0.173 e. The Balaban J connectivity index is 1.94. The molecule has 114 valence electrons. The molecular weight excluding hydrogens is 284 g/mol. The first-order valence-electron chi connectivity index (χ1n) is 7.38. The van der Waals surface area contributed by atoms with E-state index < -0.39 is 0 Å². The lowest BCUT2D eigenvalue weighted by Crippen LogP contribution is -2.50. The van der Waals surface area contributed by atoms with Crippen molar-refractivity contribution in [1.29, 1.82) is 0 Å². The fraction of sp³-hybridized carbons (Fsp3) is 0.533. The van der Waals surface area contributed by atoms with Crippen molar-refractivity contribution >= 4 is 23.3 Å². The van der Waals surface area contributed by atoms with Gasteiger partial charge < -0.3 is 15.8 Å². The summed E-state index contributed by atoms with van der Waals surface area (Å²) in [5.74, 6) is 0.198. The summed E-state index contributed by atoms with van der Waals surface area (Å²) in [5, 5.41) is 12.3. The fourth-order valence-electron chi connectivity index (χ4n) is 3.47. The van der Waals surface area contributed by atoms with Crippen LogP contribution in [-0.4, -0.2) is 54.4 Å². The molecule has 21 heavy (non-hydrogen) atoms. The van der Waals surface area contributed by atoms with Gasteiger partial charge in [-0.05, 0) is 37.8 Å². The van der Waals surface area contributed by atoms with Crippen LogP contribution in [0, 0.1) is 0 Å². The molecule has 2 aliphatic heterocycles. The van der Waals surface area contributed by atoms with Gasteiger partial charge in [0.15, 0.2) is 5.84 Å². The average molecular weight is 306 g/mol. The summed E-state index contributed by atoms with van der Waals surface area (Å²) in [6.45, 7) is 4.36. The number of thioether (sulfide) groups is 1. The van der Waals surface area contributed by atoms with Crippen LogP contribution in [0.15, 0.2) is 28.3 Å². The van der Waals surface area contributed by atoms with Crippen LogP contribution < -0.4 is 10.6 Å². The average Bonchev–Trinajstić information content (AvgIpc) is 3.00. The van der Waals surface area contributed by atoms with Crippen molar-refractivity contribution in [2.24, 2.45) is 10.9 Å². The molecule has 0 bridgehead atoms. The first kappa shape index (κ1) is 14.5. The number of hydrogen-bond acceptors (Lipinski definition) is 5. The minimum absolute atomic E-state index is 0.198. The van der Waals surface area contributed by atoms with Gasteiger partial charge in [0.25, 0.3) is 0 Å². The molecule has 2 fully saturated rings. The predicted octanol–water partition coefficient (Wildman–Crippen LogP) is 1.79. The van der Waals surface area contributed by atoms with Crippen LogP contribution in [0.1, 0.15) is 18.4 Å². The summed E-state index contributed by atoms with van der Waals surface area (Å²) < 4.78 is 0. The van der Waals surface area contributed by atoms with E-state index in [1.54, 1.807) is 11.8 Å². The molecule has 2 aliphatic rings. The Morgan fingerprint density at radius 3 is 3.00 bits per heavy atom. The van der Waals surface area contributed by atoms with E-state index in [2.05, 4.69) is 27.1 Å². The van der Waals surface area contributed by atoms with E-state index in [0.717, 1.165) is 35.8 Å². The summed E-state index contributed by atoms with van der Waals surface area (Å²) >= 11 is 1.63. The maximum atomic E-state index is 9.11. The van der Waals surface area contributed by atoms with Gasteiger partial charge in [0.2, 0.25) is 0 Å². The zero-order valence-corrected chi connectivity index (χ0v) is 13.1. The fourth-order valence-corrected chi connectivity index (χ4v) is 4.10. The number of piperazine rings is 1. The van der Waals surface area contributed by atoms with Crippen molar-refractivity contribution in [1.82, 2.24) is 4.90 Å². The minimum Gasteiger partial charge on any atom is -0.409 e. The molecule has 0 aromatic heterocycles. The highest BCUT2D eigenvalue weighted by atomic mass is 32.2. The van der Waals surface area contributed by atoms with E-state index in [0.29, 0.717) is 6.04 Å². The summed E-state index contributed by atoms with van der Waals surface area (Å²) in [6.07, 6.45) is 4.59. The lowest BCUT2D eigenvalue weighted by Gasteiger charge is -2.39. The van der Waals surface area contributed by atoms with Gasteiger partial charge in [0.05, 0.1) is 5.56 Å². The molecule has 2 saturated heterocycles. The molecule has 2 heterocycles. The first-order valence-corrected chi connectivity index (χ1v) is 8.61. The topological polar surface area (TPSA) is 65.1 Å². The van der Waals surface area contributed by atoms with Gasteiger partial charge in [-0.25, -0.2) is 0 Å². The number of anilines is 1. The van der Waals surface area contributed by atoms with Gasteiger partial charge in [-0.1, -0.05) is 11.2 Å². The molecule has 3 N–H and O–H groups in total. The molecule has 0 aliphatic carbocycles. The lowest BCUT2D eigenvalue weighted by molar-refractivity contribution is 0.231. The van der Waals surface area contributed by atoms with E-state index in [4.69, 9.17) is 10.9 Å². The van der Waals surface area contributed by atoms with Gasteiger partial charge in [-0.2, -0.15) is 0 Å². The highest BCUT2D eigenvalue weighted by Crippen LogP contribution is 2.32. The number of nitrogens with two attached hydrogens (primary N) is 1. The standard InChI is InChI=1S/C15H22N4OS/c1-21-13-6-2-5-12(14(13)15(16)17-20)19-9-8-18-7-3-4-11(18)10-19/h2,5-6,11,20H,3-4,7-10H2,1H3,(H2,16,17).